The second kappa shape index (κ2) is 7.44. The monoisotopic (exact) mass is 338 g/mol. The van der Waals surface area contributed by atoms with Gasteiger partial charge in [-0.25, -0.2) is 9.67 Å². The third kappa shape index (κ3) is 4.03. The first kappa shape index (κ1) is 17.1. The van der Waals surface area contributed by atoms with Crippen LogP contribution in [0.4, 0.5) is 0 Å². The van der Waals surface area contributed by atoms with Gasteiger partial charge in [-0.05, 0) is 30.0 Å². The zero-order valence-corrected chi connectivity index (χ0v) is 14.7. The zero-order valence-electron chi connectivity index (χ0n) is 14.7. The summed E-state index contributed by atoms with van der Waals surface area (Å²) < 4.78 is 6.75. The predicted molar refractivity (Wildman–Crippen MR) is 96.3 cm³/mol. The first-order valence-corrected chi connectivity index (χ1v) is 8.27. The summed E-state index contributed by atoms with van der Waals surface area (Å²) in [5, 5.41) is 4.36. The summed E-state index contributed by atoms with van der Waals surface area (Å²) in [6, 6.07) is 10.00. The number of hydrogen-bond acceptors (Lipinski definition) is 4. The third-order valence-electron chi connectivity index (χ3n) is 4.26. The highest BCUT2D eigenvalue weighted by Crippen LogP contribution is 2.24. The van der Waals surface area contributed by atoms with Gasteiger partial charge in [0, 0.05) is 25.3 Å². The molecule has 1 atom stereocenters. The Hall–Kier alpha value is -2.73. The molecule has 1 unspecified atom stereocenters. The van der Waals surface area contributed by atoms with Crippen LogP contribution in [0.1, 0.15) is 35.4 Å². The van der Waals surface area contributed by atoms with Crippen LogP contribution < -0.4 is 5.56 Å². The van der Waals surface area contributed by atoms with E-state index in [0.29, 0.717) is 11.6 Å². The van der Waals surface area contributed by atoms with E-state index in [2.05, 4.69) is 46.3 Å². The number of aryl methyl sites for hydroxylation is 1. The summed E-state index contributed by atoms with van der Waals surface area (Å²) in [7, 11) is 1.71. The number of aromatic amines is 1. The smallest absolute Gasteiger partial charge is 0.253 e. The van der Waals surface area contributed by atoms with Gasteiger partial charge in [-0.3, -0.25) is 4.79 Å². The van der Waals surface area contributed by atoms with Crippen LogP contribution in [0.5, 0.6) is 0 Å². The van der Waals surface area contributed by atoms with Gasteiger partial charge in [-0.2, -0.15) is 5.10 Å². The maximum atomic E-state index is 11.6. The summed E-state index contributed by atoms with van der Waals surface area (Å²) in [6.07, 6.45) is 4.66. The lowest BCUT2D eigenvalue weighted by atomic mass is 9.94. The first-order valence-electron chi connectivity index (χ1n) is 8.27. The number of methoxy groups -OCH3 is 1. The fourth-order valence-electron chi connectivity index (χ4n) is 2.75. The molecule has 0 saturated carbocycles. The second-order valence-corrected chi connectivity index (χ2v) is 6.11. The summed E-state index contributed by atoms with van der Waals surface area (Å²) in [5.41, 5.74) is 3.37. The Morgan fingerprint density at radius 3 is 2.68 bits per heavy atom. The molecule has 0 saturated heterocycles. The molecule has 0 radical (unpaired) electrons. The normalized spacial score (nSPS) is 12.3. The van der Waals surface area contributed by atoms with Crippen LogP contribution in [0.2, 0.25) is 0 Å². The van der Waals surface area contributed by atoms with Crippen molar-refractivity contribution in [1.29, 1.82) is 0 Å². The molecule has 0 fully saturated rings. The van der Waals surface area contributed by atoms with Crippen molar-refractivity contribution in [3.8, 4) is 5.82 Å². The highest BCUT2D eigenvalue weighted by molar-refractivity contribution is 5.33. The van der Waals surface area contributed by atoms with Gasteiger partial charge in [0.05, 0.1) is 12.8 Å². The molecule has 130 valence electrons. The Balaban J connectivity index is 1.80. The van der Waals surface area contributed by atoms with Crippen molar-refractivity contribution in [2.45, 2.75) is 26.2 Å². The van der Waals surface area contributed by atoms with Crippen molar-refractivity contribution < 1.29 is 4.74 Å². The van der Waals surface area contributed by atoms with Gasteiger partial charge in [0.15, 0.2) is 5.82 Å². The van der Waals surface area contributed by atoms with Crippen molar-refractivity contribution in [2.75, 3.05) is 13.7 Å². The lowest BCUT2D eigenvalue weighted by Crippen LogP contribution is -2.12. The van der Waals surface area contributed by atoms with Gasteiger partial charge in [0.25, 0.3) is 5.56 Å². The van der Waals surface area contributed by atoms with Crippen molar-refractivity contribution >= 4 is 0 Å². The average Bonchev–Trinajstić information content (AvgIpc) is 3.09. The van der Waals surface area contributed by atoms with E-state index in [1.807, 2.05) is 12.4 Å². The molecule has 0 spiro atoms. The lowest BCUT2D eigenvalue weighted by Gasteiger charge is -2.10. The lowest BCUT2D eigenvalue weighted by molar-refractivity contribution is 0.202. The number of nitrogens with zero attached hydrogens (tertiary/aromatic N) is 3. The van der Waals surface area contributed by atoms with E-state index < -0.39 is 0 Å². The fraction of sp³-hybridized carbons (Fsp3) is 0.316. The Labute approximate surface area is 146 Å². The minimum atomic E-state index is -0.181. The standard InChI is InChI=1S/C19H22N4O2/c1-13(16-6-4-15(5-7-16)8-9-25-3)17-11-20-23(12-17)18-10-19(24)22-14(2)21-18/h4-7,10-13H,8-9H2,1-3H3,(H,21,22,24). The topological polar surface area (TPSA) is 72.8 Å². The molecule has 0 amide bonds. The molecule has 25 heavy (non-hydrogen) atoms. The van der Waals surface area contributed by atoms with Crippen molar-refractivity contribution in [3.05, 3.63) is 75.6 Å². The van der Waals surface area contributed by atoms with Crippen LogP contribution in [0.3, 0.4) is 0 Å². The molecule has 2 aromatic heterocycles. The van der Waals surface area contributed by atoms with Crippen LogP contribution in [-0.2, 0) is 11.2 Å². The number of ether oxygens (including phenoxy) is 1. The third-order valence-corrected chi connectivity index (χ3v) is 4.26. The summed E-state index contributed by atoms with van der Waals surface area (Å²) in [4.78, 5) is 18.6. The quantitative estimate of drug-likeness (QED) is 0.750. The Bertz CT molecular complexity index is 896. The van der Waals surface area contributed by atoms with Crippen LogP contribution in [-0.4, -0.2) is 33.5 Å². The molecule has 0 aliphatic rings. The molecule has 2 heterocycles. The Kier molecular flexibility index (Phi) is 5.09. The molecule has 3 rings (SSSR count). The number of rotatable bonds is 6. The zero-order chi connectivity index (χ0) is 17.8. The summed E-state index contributed by atoms with van der Waals surface area (Å²) in [5.74, 6) is 1.29. The van der Waals surface area contributed by atoms with E-state index in [-0.39, 0.29) is 11.5 Å². The maximum Gasteiger partial charge on any atom is 0.253 e. The van der Waals surface area contributed by atoms with Gasteiger partial charge >= 0.3 is 0 Å². The van der Waals surface area contributed by atoms with Crippen molar-refractivity contribution in [3.63, 3.8) is 0 Å². The number of aromatic nitrogens is 4. The maximum absolute atomic E-state index is 11.6. The molecule has 0 aliphatic carbocycles. The van der Waals surface area contributed by atoms with Gasteiger partial charge in [0.2, 0.25) is 0 Å². The van der Waals surface area contributed by atoms with Gasteiger partial charge in [-0.1, -0.05) is 31.2 Å². The van der Waals surface area contributed by atoms with E-state index in [9.17, 15) is 4.79 Å². The number of nitrogens with one attached hydrogen (secondary N) is 1. The highest BCUT2D eigenvalue weighted by atomic mass is 16.5. The van der Waals surface area contributed by atoms with E-state index in [1.165, 1.54) is 17.2 Å². The molecule has 0 bridgehead atoms. The molecule has 6 nitrogen and oxygen atoms in total. The fourth-order valence-corrected chi connectivity index (χ4v) is 2.75. The van der Waals surface area contributed by atoms with Gasteiger partial charge in [0.1, 0.15) is 5.82 Å². The van der Waals surface area contributed by atoms with Gasteiger partial charge < -0.3 is 9.72 Å². The molecular weight excluding hydrogens is 316 g/mol. The Morgan fingerprint density at radius 1 is 1.24 bits per heavy atom. The minimum Gasteiger partial charge on any atom is -0.384 e. The number of hydrogen-bond donors (Lipinski definition) is 1. The summed E-state index contributed by atoms with van der Waals surface area (Å²) >= 11 is 0. The van der Waals surface area contributed by atoms with E-state index in [4.69, 9.17) is 4.74 Å². The number of H-pyrrole nitrogens is 1. The number of benzene rings is 1. The first-order chi connectivity index (χ1) is 12.1. The van der Waals surface area contributed by atoms with E-state index >= 15 is 0 Å². The largest absolute Gasteiger partial charge is 0.384 e. The Morgan fingerprint density at radius 2 is 2.00 bits per heavy atom. The molecule has 1 aromatic carbocycles. The van der Waals surface area contributed by atoms with Crippen molar-refractivity contribution in [1.82, 2.24) is 19.7 Å². The van der Waals surface area contributed by atoms with Crippen LogP contribution in [0, 0.1) is 6.92 Å². The predicted octanol–water partition coefficient (Wildman–Crippen LogP) is 2.60. The van der Waals surface area contributed by atoms with Gasteiger partial charge in [-0.15, -0.1) is 0 Å². The minimum absolute atomic E-state index is 0.181. The van der Waals surface area contributed by atoms with Crippen molar-refractivity contribution in [2.24, 2.45) is 0 Å². The molecular formula is C19H22N4O2. The highest BCUT2D eigenvalue weighted by Gasteiger charge is 2.12. The molecule has 1 N–H and O–H groups in total. The van der Waals surface area contributed by atoms with Crippen LogP contribution >= 0.6 is 0 Å². The second-order valence-electron chi connectivity index (χ2n) is 6.11. The summed E-state index contributed by atoms with van der Waals surface area (Å²) in [6.45, 7) is 4.62. The van der Waals surface area contributed by atoms with Crippen LogP contribution in [0.25, 0.3) is 5.82 Å². The average molecular weight is 338 g/mol. The van der Waals surface area contributed by atoms with Crippen LogP contribution in [0.15, 0.2) is 47.5 Å². The molecule has 6 heteroatoms. The molecule has 3 aromatic rings. The van der Waals surface area contributed by atoms with E-state index in [0.717, 1.165) is 18.6 Å². The van der Waals surface area contributed by atoms with E-state index in [1.54, 1.807) is 18.7 Å². The molecule has 0 aliphatic heterocycles. The SMILES string of the molecule is COCCc1ccc(C(C)c2cnn(-c3cc(=O)[nH]c(C)n3)c2)cc1.